The molecule has 0 amide bonds. The average molecular weight is 236 g/mol. The molecular weight excluding hydrogens is 212 g/mol. The number of nitrogens with zero attached hydrogens (tertiary/aromatic N) is 1. The van der Waals surface area contributed by atoms with Gasteiger partial charge in [-0.2, -0.15) is 0 Å². The first kappa shape index (κ1) is 12.6. The van der Waals surface area contributed by atoms with Crippen molar-refractivity contribution in [2.24, 2.45) is 5.41 Å². The summed E-state index contributed by atoms with van der Waals surface area (Å²) >= 11 is 0. The van der Waals surface area contributed by atoms with E-state index < -0.39 is 0 Å². The predicted octanol–water partition coefficient (Wildman–Crippen LogP) is 1.45. The summed E-state index contributed by atoms with van der Waals surface area (Å²) in [4.78, 5) is 7.53. The number of nitrogens with one attached hydrogen (secondary N) is 3. The van der Waals surface area contributed by atoms with Crippen LogP contribution in [0, 0.1) is 5.41 Å². The lowest BCUT2D eigenvalue weighted by Gasteiger charge is -2.27. The highest BCUT2D eigenvalue weighted by Crippen LogP contribution is 2.18. The van der Waals surface area contributed by atoms with Gasteiger partial charge in [-0.25, -0.2) is 4.98 Å². The Bertz CT molecular complexity index is 356. The highest BCUT2D eigenvalue weighted by molar-refractivity contribution is 5.15. The third-order valence-electron chi connectivity index (χ3n) is 3.77. The molecule has 17 heavy (non-hydrogen) atoms. The maximum atomic E-state index is 4.36. The van der Waals surface area contributed by atoms with Gasteiger partial charge in [0.15, 0.2) is 0 Å². The lowest BCUT2D eigenvalue weighted by Crippen LogP contribution is -2.44. The number of aromatic amines is 1. The minimum atomic E-state index is 0.395. The van der Waals surface area contributed by atoms with E-state index in [0.717, 1.165) is 26.1 Å². The normalized spacial score (nSPS) is 20.3. The molecule has 0 saturated carbocycles. The van der Waals surface area contributed by atoms with Crippen molar-refractivity contribution in [2.45, 2.75) is 46.2 Å². The van der Waals surface area contributed by atoms with Gasteiger partial charge in [0.2, 0.25) is 0 Å². The van der Waals surface area contributed by atoms with Gasteiger partial charge in [-0.05, 0) is 11.8 Å². The summed E-state index contributed by atoms with van der Waals surface area (Å²) < 4.78 is 0. The Morgan fingerprint density at radius 1 is 1.53 bits per heavy atom. The van der Waals surface area contributed by atoms with Gasteiger partial charge in [0.05, 0.1) is 17.7 Å². The van der Waals surface area contributed by atoms with E-state index in [0.29, 0.717) is 11.5 Å². The van der Waals surface area contributed by atoms with Crippen molar-refractivity contribution in [3.63, 3.8) is 0 Å². The first-order chi connectivity index (χ1) is 8.11. The fourth-order valence-corrected chi connectivity index (χ4v) is 2.08. The molecule has 1 aromatic rings. The number of hydrogen-bond donors (Lipinski definition) is 3. The van der Waals surface area contributed by atoms with Crippen molar-refractivity contribution in [3.8, 4) is 0 Å². The average Bonchev–Trinajstić information content (AvgIpc) is 2.76. The fourth-order valence-electron chi connectivity index (χ4n) is 2.08. The molecule has 2 heterocycles. The largest absolute Gasteiger partial charge is 0.347 e. The van der Waals surface area contributed by atoms with Crippen molar-refractivity contribution >= 4 is 0 Å². The van der Waals surface area contributed by atoms with E-state index in [-0.39, 0.29) is 0 Å². The Labute approximate surface area is 104 Å². The van der Waals surface area contributed by atoms with Gasteiger partial charge in [0, 0.05) is 32.1 Å². The van der Waals surface area contributed by atoms with Crippen LogP contribution >= 0.6 is 0 Å². The summed E-state index contributed by atoms with van der Waals surface area (Å²) in [7, 11) is 0. The molecule has 0 saturated heterocycles. The van der Waals surface area contributed by atoms with Crippen LogP contribution in [-0.4, -0.2) is 29.1 Å². The third kappa shape index (κ3) is 3.30. The number of hydrogen-bond acceptors (Lipinski definition) is 3. The number of rotatable bonds is 5. The van der Waals surface area contributed by atoms with Crippen LogP contribution in [0.5, 0.6) is 0 Å². The van der Waals surface area contributed by atoms with Crippen molar-refractivity contribution in [1.29, 1.82) is 0 Å². The SMILES string of the molecule is CCC(C)(C)CNCC1Cc2nc[nH]c2CN1. The van der Waals surface area contributed by atoms with Crippen LogP contribution in [-0.2, 0) is 13.0 Å². The zero-order valence-electron chi connectivity index (χ0n) is 11.1. The first-order valence-corrected chi connectivity index (χ1v) is 6.56. The standard InChI is InChI=1S/C13H24N4/c1-4-13(2,3)8-14-6-10-5-11-12(7-15-10)17-9-16-11/h9-10,14-15H,4-8H2,1-3H3,(H,16,17). The molecule has 1 atom stereocenters. The number of imidazole rings is 1. The molecule has 1 aromatic heterocycles. The first-order valence-electron chi connectivity index (χ1n) is 6.56. The van der Waals surface area contributed by atoms with Gasteiger partial charge in [0.1, 0.15) is 0 Å². The zero-order chi connectivity index (χ0) is 12.3. The van der Waals surface area contributed by atoms with Gasteiger partial charge >= 0.3 is 0 Å². The van der Waals surface area contributed by atoms with E-state index in [1.807, 2.05) is 0 Å². The van der Waals surface area contributed by atoms with Crippen molar-refractivity contribution in [1.82, 2.24) is 20.6 Å². The Balaban J connectivity index is 1.75. The van der Waals surface area contributed by atoms with Gasteiger partial charge in [0.25, 0.3) is 0 Å². The van der Waals surface area contributed by atoms with E-state index in [9.17, 15) is 0 Å². The van der Waals surface area contributed by atoms with Crippen LogP contribution in [0.4, 0.5) is 0 Å². The summed E-state index contributed by atoms with van der Waals surface area (Å²) in [5.41, 5.74) is 2.87. The number of H-pyrrole nitrogens is 1. The highest BCUT2D eigenvalue weighted by Gasteiger charge is 2.20. The van der Waals surface area contributed by atoms with E-state index in [2.05, 4.69) is 41.4 Å². The highest BCUT2D eigenvalue weighted by atomic mass is 15.0. The Morgan fingerprint density at radius 3 is 3.12 bits per heavy atom. The van der Waals surface area contributed by atoms with Gasteiger partial charge < -0.3 is 15.6 Å². The van der Waals surface area contributed by atoms with Gasteiger partial charge in [-0.3, -0.25) is 0 Å². The summed E-state index contributed by atoms with van der Waals surface area (Å²) in [6.45, 7) is 9.88. The summed E-state index contributed by atoms with van der Waals surface area (Å²) in [5, 5.41) is 7.10. The second kappa shape index (κ2) is 5.19. The molecule has 0 bridgehead atoms. The van der Waals surface area contributed by atoms with Crippen molar-refractivity contribution in [3.05, 3.63) is 17.7 Å². The molecule has 0 fully saturated rings. The molecule has 2 rings (SSSR count). The quantitative estimate of drug-likeness (QED) is 0.725. The zero-order valence-corrected chi connectivity index (χ0v) is 11.1. The molecule has 4 nitrogen and oxygen atoms in total. The second-order valence-corrected chi connectivity index (χ2v) is 5.76. The molecule has 96 valence electrons. The molecule has 0 aromatic carbocycles. The smallest absolute Gasteiger partial charge is 0.0925 e. The van der Waals surface area contributed by atoms with Crippen LogP contribution in [0.3, 0.4) is 0 Å². The maximum absolute atomic E-state index is 4.36. The molecule has 1 aliphatic rings. The second-order valence-electron chi connectivity index (χ2n) is 5.76. The topological polar surface area (TPSA) is 52.7 Å². The summed E-state index contributed by atoms with van der Waals surface area (Å²) in [5.74, 6) is 0. The van der Waals surface area contributed by atoms with Crippen molar-refractivity contribution < 1.29 is 0 Å². The summed E-state index contributed by atoms with van der Waals surface area (Å²) in [6.07, 6.45) is 4.03. The molecule has 0 spiro atoms. The molecule has 4 heteroatoms. The minimum Gasteiger partial charge on any atom is -0.347 e. The minimum absolute atomic E-state index is 0.395. The fraction of sp³-hybridized carbons (Fsp3) is 0.769. The summed E-state index contributed by atoms with van der Waals surface area (Å²) in [6, 6.07) is 0.512. The molecule has 0 aliphatic carbocycles. The van der Waals surface area contributed by atoms with Crippen LogP contribution in [0.15, 0.2) is 6.33 Å². The van der Waals surface area contributed by atoms with Crippen LogP contribution in [0.25, 0.3) is 0 Å². The molecule has 0 radical (unpaired) electrons. The lowest BCUT2D eigenvalue weighted by molar-refractivity contribution is 0.315. The van der Waals surface area contributed by atoms with Crippen LogP contribution in [0.2, 0.25) is 0 Å². The maximum Gasteiger partial charge on any atom is 0.0925 e. The lowest BCUT2D eigenvalue weighted by atomic mass is 9.90. The van der Waals surface area contributed by atoms with E-state index in [1.54, 1.807) is 6.33 Å². The van der Waals surface area contributed by atoms with Crippen LogP contribution < -0.4 is 10.6 Å². The van der Waals surface area contributed by atoms with Gasteiger partial charge in [-0.1, -0.05) is 20.8 Å². The van der Waals surface area contributed by atoms with Crippen molar-refractivity contribution in [2.75, 3.05) is 13.1 Å². The molecule has 1 unspecified atom stereocenters. The van der Waals surface area contributed by atoms with E-state index in [4.69, 9.17) is 0 Å². The Hall–Kier alpha value is -0.870. The van der Waals surface area contributed by atoms with E-state index >= 15 is 0 Å². The molecule has 1 aliphatic heterocycles. The van der Waals surface area contributed by atoms with E-state index in [1.165, 1.54) is 17.8 Å². The van der Waals surface area contributed by atoms with Crippen LogP contribution in [0.1, 0.15) is 38.6 Å². The molecule has 3 N–H and O–H groups in total. The Morgan fingerprint density at radius 2 is 2.35 bits per heavy atom. The monoisotopic (exact) mass is 236 g/mol. The number of aromatic nitrogens is 2. The van der Waals surface area contributed by atoms with Gasteiger partial charge in [-0.15, -0.1) is 0 Å². The third-order valence-corrected chi connectivity index (χ3v) is 3.77. The Kier molecular flexibility index (Phi) is 3.84. The molecular formula is C13H24N4. The predicted molar refractivity (Wildman–Crippen MR) is 69.9 cm³/mol. The number of fused-ring (bicyclic) bond motifs is 1.